The Bertz CT molecular complexity index is 1140. The zero-order chi connectivity index (χ0) is 20.2. The summed E-state index contributed by atoms with van der Waals surface area (Å²) in [6, 6.07) is 11.5. The quantitative estimate of drug-likeness (QED) is 0.248. The molecule has 0 aliphatic heterocycles. The number of furan rings is 1. The van der Waals surface area contributed by atoms with Crippen molar-refractivity contribution in [1.29, 1.82) is 0 Å². The molecule has 1 N–H and O–H groups in total. The van der Waals surface area contributed by atoms with E-state index in [4.69, 9.17) is 20.5 Å². The summed E-state index contributed by atoms with van der Waals surface area (Å²) in [7, 11) is 0. The highest BCUT2D eigenvalue weighted by atomic mass is 35.5. The summed E-state index contributed by atoms with van der Waals surface area (Å²) in [6.07, 6.45) is 1.50. The zero-order valence-corrected chi connectivity index (χ0v) is 16.9. The van der Waals surface area contributed by atoms with Gasteiger partial charge in [0.05, 0.1) is 12.0 Å². The normalized spacial score (nSPS) is 10.8. The predicted octanol–water partition coefficient (Wildman–Crippen LogP) is 4.67. The van der Waals surface area contributed by atoms with E-state index in [2.05, 4.69) is 20.7 Å². The van der Waals surface area contributed by atoms with Crippen molar-refractivity contribution in [3.05, 3.63) is 65.0 Å². The molecule has 146 valence electrons. The monoisotopic (exact) mass is 446 g/mol. The lowest BCUT2D eigenvalue weighted by molar-refractivity contribution is 0.101. The van der Waals surface area contributed by atoms with Crippen LogP contribution in [0.5, 0.6) is 0 Å². The third kappa shape index (κ3) is 4.73. The molecule has 8 nitrogen and oxygen atoms in total. The van der Waals surface area contributed by atoms with Crippen LogP contribution in [0.4, 0.5) is 5.13 Å². The number of anilines is 1. The minimum Gasteiger partial charge on any atom is -0.461 e. The minimum absolute atomic E-state index is 0.0551. The van der Waals surface area contributed by atoms with Crippen molar-refractivity contribution in [2.45, 2.75) is 4.34 Å². The smallest absolute Gasteiger partial charge is 0.279 e. The Morgan fingerprint density at radius 1 is 1.14 bits per heavy atom. The molecule has 0 spiro atoms. The minimum atomic E-state index is -0.489. The fourth-order valence-electron chi connectivity index (χ4n) is 2.24. The number of hydrogen-bond donors (Lipinski definition) is 1. The molecule has 0 radical (unpaired) electrons. The number of hydrogen-bond acceptors (Lipinski definition) is 9. The molecule has 0 atom stereocenters. The summed E-state index contributed by atoms with van der Waals surface area (Å²) >= 11 is 8.22. The Labute approximate surface area is 177 Å². The zero-order valence-electron chi connectivity index (χ0n) is 14.5. The van der Waals surface area contributed by atoms with Crippen LogP contribution in [0.15, 0.2) is 62.0 Å². The molecule has 4 rings (SSSR count). The number of benzene rings is 1. The van der Waals surface area contributed by atoms with Crippen molar-refractivity contribution in [1.82, 2.24) is 15.4 Å². The van der Waals surface area contributed by atoms with Gasteiger partial charge in [0.25, 0.3) is 5.91 Å². The number of carbonyl (C=O) groups excluding carboxylic acids is 2. The van der Waals surface area contributed by atoms with Crippen LogP contribution in [0.25, 0.3) is 11.5 Å². The Hall–Kier alpha value is -2.95. The van der Waals surface area contributed by atoms with Gasteiger partial charge in [0.2, 0.25) is 10.9 Å². The van der Waals surface area contributed by atoms with Gasteiger partial charge in [0.1, 0.15) is 0 Å². The molecule has 3 aromatic heterocycles. The van der Waals surface area contributed by atoms with Crippen molar-refractivity contribution in [2.24, 2.45) is 0 Å². The Morgan fingerprint density at radius 2 is 1.97 bits per heavy atom. The lowest BCUT2D eigenvalue weighted by atomic mass is 10.1. The molecule has 0 fully saturated rings. The first-order valence-electron chi connectivity index (χ1n) is 8.15. The summed E-state index contributed by atoms with van der Waals surface area (Å²) in [5.74, 6) is 0.461. The second-order valence-corrected chi connectivity index (χ2v) is 8.24. The van der Waals surface area contributed by atoms with E-state index in [0.717, 1.165) is 11.3 Å². The molecule has 0 bridgehead atoms. The summed E-state index contributed by atoms with van der Waals surface area (Å²) in [6.45, 7) is 0. The molecule has 1 aromatic carbocycles. The lowest BCUT2D eigenvalue weighted by Gasteiger charge is -1.99. The van der Waals surface area contributed by atoms with Crippen LogP contribution >= 0.6 is 34.7 Å². The summed E-state index contributed by atoms with van der Waals surface area (Å²) in [5.41, 5.74) is 0.650. The van der Waals surface area contributed by atoms with E-state index in [9.17, 15) is 9.59 Å². The van der Waals surface area contributed by atoms with Crippen LogP contribution in [-0.2, 0) is 0 Å². The summed E-state index contributed by atoms with van der Waals surface area (Å²) in [5, 5.41) is 15.1. The SMILES string of the molecule is O=C(CSc1nnc(NC(=O)c2cc(-c3ccco3)on2)s1)c1ccc(Cl)cc1. The van der Waals surface area contributed by atoms with Crippen molar-refractivity contribution in [3.63, 3.8) is 0 Å². The maximum atomic E-state index is 12.3. The first-order chi connectivity index (χ1) is 14.1. The lowest BCUT2D eigenvalue weighted by Crippen LogP contribution is -2.11. The van der Waals surface area contributed by atoms with Crippen molar-refractivity contribution in [2.75, 3.05) is 11.1 Å². The van der Waals surface area contributed by atoms with Gasteiger partial charge in [-0.2, -0.15) is 0 Å². The number of rotatable bonds is 7. The number of aromatic nitrogens is 3. The molecule has 29 heavy (non-hydrogen) atoms. The second kappa shape index (κ2) is 8.60. The van der Waals surface area contributed by atoms with E-state index in [1.54, 1.807) is 36.4 Å². The van der Waals surface area contributed by atoms with Gasteiger partial charge >= 0.3 is 0 Å². The average molecular weight is 447 g/mol. The average Bonchev–Trinajstić information content (AvgIpc) is 3.47. The molecule has 1 amide bonds. The topological polar surface area (TPSA) is 111 Å². The molecule has 0 aliphatic carbocycles. The maximum absolute atomic E-state index is 12.3. The number of amides is 1. The number of carbonyl (C=O) groups is 2. The Balaban J connectivity index is 1.33. The number of Topliss-reactive ketones (excluding diaryl/α,β-unsaturated/α-hetero) is 1. The van der Waals surface area contributed by atoms with E-state index >= 15 is 0 Å². The molecule has 0 saturated heterocycles. The molecule has 0 unspecified atom stereocenters. The second-order valence-electron chi connectivity index (χ2n) is 5.60. The fourth-order valence-corrected chi connectivity index (χ4v) is 4.01. The van der Waals surface area contributed by atoms with Crippen LogP contribution in [-0.4, -0.2) is 32.8 Å². The number of nitrogens with one attached hydrogen (secondary N) is 1. The van der Waals surface area contributed by atoms with Gasteiger partial charge in [-0.25, -0.2) is 0 Å². The molecular formula is C18H11ClN4O4S2. The highest BCUT2D eigenvalue weighted by molar-refractivity contribution is 8.01. The largest absolute Gasteiger partial charge is 0.461 e. The van der Waals surface area contributed by atoms with E-state index < -0.39 is 5.91 Å². The highest BCUT2D eigenvalue weighted by Gasteiger charge is 2.17. The van der Waals surface area contributed by atoms with Gasteiger partial charge in [-0.15, -0.1) is 10.2 Å². The maximum Gasteiger partial charge on any atom is 0.279 e. The van der Waals surface area contributed by atoms with Gasteiger partial charge < -0.3 is 8.94 Å². The van der Waals surface area contributed by atoms with Crippen molar-refractivity contribution in [3.8, 4) is 11.5 Å². The van der Waals surface area contributed by atoms with E-state index in [0.29, 0.717) is 31.6 Å². The fraction of sp³-hybridized carbons (Fsp3) is 0.0556. The van der Waals surface area contributed by atoms with Crippen molar-refractivity contribution < 1.29 is 18.5 Å². The van der Waals surface area contributed by atoms with Crippen LogP contribution in [0.1, 0.15) is 20.8 Å². The molecule has 4 aromatic rings. The van der Waals surface area contributed by atoms with Gasteiger partial charge in [0.15, 0.2) is 21.6 Å². The van der Waals surface area contributed by atoms with Gasteiger partial charge in [0, 0.05) is 16.7 Å². The van der Waals surface area contributed by atoms with Crippen LogP contribution in [0, 0.1) is 0 Å². The van der Waals surface area contributed by atoms with Gasteiger partial charge in [-0.3, -0.25) is 14.9 Å². The molecule has 0 aliphatic rings. The number of halogens is 1. The number of thioether (sulfide) groups is 1. The molecular weight excluding hydrogens is 436 g/mol. The summed E-state index contributed by atoms with van der Waals surface area (Å²) < 4.78 is 10.9. The number of ketones is 1. The van der Waals surface area contributed by atoms with Crippen LogP contribution in [0.3, 0.4) is 0 Å². The van der Waals surface area contributed by atoms with E-state index in [1.165, 1.54) is 24.1 Å². The van der Waals surface area contributed by atoms with E-state index in [-0.39, 0.29) is 17.2 Å². The third-order valence-electron chi connectivity index (χ3n) is 3.63. The third-order valence-corrected chi connectivity index (χ3v) is 5.85. The Kier molecular flexibility index (Phi) is 5.74. The van der Waals surface area contributed by atoms with Crippen LogP contribution < -0.4 is 5.32 Å². The Morgan fingerprint density at radius 3 is 2.72 bits per heavy atom. The molecule has 3 heterocycles. The standard InChI is InChI=1S/C18H11ClN4O4S2/c19-11-5-3-10(4-6-11)13(24)9-28-18-22-21-17(29-18)20-16(25)12-8-15(27-23-12)14-2-1-7-26-14/h1-8H,9H2,(H,20,21,25). The van der Waals surface area contributed by atoms with Gasteiger partial charge in [-0.1, -0.05) is 39.9 Å². The first kappa shape index (κ1) is 19.4. The first-order valence-corrected chi connectivity index (χ1v) is 10.3. The van der Waals surface area contributed by atoms with Gasteiger partial charge in [-0.05, 0) is 36.4 Å². The van der Waals surface area contributed by atoms with Crippen molar-refractivity contribution >= 4 is 51.5 Å². The summed E-state index contributed by atoms with van der Waals surface area (Å²) in [4.78, 5) is 24.5. The van der Waals surface area contributed by atoms with E-state index in [1.807, 2.05) is 0 Å². The predicted molar refractivity (Wildman–Crippen MR) is 109 cm³/mol. The number of nitrogens with zero attached hydrogens (tertiary/aromatic N) is 3. The molecule has 0 saturated carbocycles. The van der Waals surface area contributed by atoms with Crippen LogP contribution in [0.2, 0.25) is 5.02 Å². The molecule has 11 heteroatoms. The highest BCUT2D eigenvalue weighted by Crippen LogP contribution is 2.27.